The van der Waals surface area contributed by atoms with E-state index < -0.39 is 0 Å². The molecule has 0 N–H and O–H groups in total. The average Bonchev–Trinajstić information content (AvgIpc) is 1.94. The Labute approximate surface area is 201 Å². The second-order valence-corrected chi connectivity index (χ2v) is 3.84. The standard InChI is InChI=1S/6C3H3N.3Pd/c6*1-2-4-3-1;;;/h6*1-3H;;;. The van der Waals surface area contributed by atoms with E-state index in [2.05, 4.69) is 30.0 Å². The molecule has 0 saturated heterocycles. The minimum absolute atomic E-state index is 0. The number of nitrogens with zero attached hydrogens (tertiary/aromatic N) is 6. The topological polar surface area (TPSA) is 74.2 Å². The molecular formula is C18H18N6Pd3. The molecule has 27 heavy (non-hydrogen) atoms. The summed E-state index contributed by atoms with van der Waals surface area (Å²) in [6, 6.07) is 0. The Morgan fingerprint density at radius 3 is 0.296 bits per heavy atom. The number of rotatable bonds is 0. The first kappa shape index (κ1) is 30.2. The van der Waals surface area contributed by atoms with Crippen molar-refractivity contribution in [3.63, 3.8) is 0 Å². The second kappa shape index (κ2) is 26.7. The summed E-state index contributed by atoms with van der Waals surface area (Å²) in [5, 5.41) is 0. The molecule has 0 aromatic heterocycles. The quantitative estimate of drug-likeness (QED) is 0.365. The number of hydrogen-bond acceptors (Lipinski definition) is 6. The van der Waals surface area contributed by atoms with Gasteiger partial charge in [-0.05, 0) is 36.5 Å². The molecule has 0 fully saturated rings. The van der Waals surface area contributed by atoms with Gasteiger partial charge in [-0.3, -0.25) is 30.0 Å². The Kier molecular flexibility index (Phi) is 29.8. The Bertz CT molecular complexity index is 431. The van der Waals surface area contributed by atoms with Crippen LogP contribution in [0.25, 0.3) is 0 Å². The van der Waals surface area contributed by atoms with E-state index in [0.717, 1.165) is 0 Å². The van der Waals surface area contributed by atoms with Gasteiger partial charge in [0.1, 0.15) is 0 Å². The van der Waals surface area contributed by atoms with Crippen LogP contribution in [0.5, 0.6) is 0 Å². The summed E-state index contributed by atoms with van der Waals surface area (Å²) < 4.78 is 0. The molecule has 9 heteroatoms. The van der Waals surface area contributed by atoms with Crippen LogP contribution in [0.4, 0.5) is 0 Å². The van der Waals surface area contributed by atoms with E-state index in [0.29, 0.717) is 0 Å². The zero-order chi connectivity index (χ0) is 17.0. The van der Waals surface area contributed by atoms with E-state index in [1.165, 1.54) is 0 Å². The van der Waals surface area contributed by atoms with E-state index in [9.17, 15) is 0 Å². The third kappa shape index (κ3) is 24.4. The maximum atomic E-state index is 3.61. The molecule has 6 rings (SSSR count). The average molecular weight is 638 g/mol. The van der Waals surface area contributed by atoms with Gasteiger partial charge < -0.3 is 0 Å². The molecule has 150 valence electrons. The third-order valence-electron chi connectivity index (χ3n) is 2.07. The van der Waals surface area contributed by atoms with Crippen molar-refractivity contribution >= 4 is 37.3 Å². The van der Waals surface area contributed by atoms with Gasteiger partial charge in [-0.2, -0.15) is 0 Å². The summed E-state index contributed by atoms with van der Waals surface area (Å²) in [5.74, 6) is 0. The molecule has 0 atom stereocenters. The number of aliphatic imine (C=N–C) groups is 6. The van der Waals surface area contributed by atoms with Crippen LogP contribution in [0.3, 0.4) is 0 Å². The van der Waals surface area contributed by atoms with E-state index in [4.69, 9.17) is 0 Å². The minimum Gasteiger partial charge on any atom is -0.265 e. The maximum Gasteiger partial charge on any atom is 0.0283 e. The molecule has 6 heterocycles. The third-order valence-corrected chi connectivity index (χ3v) is 2.07. The van der Waals surface area contributed by atoms with Crippen molar-refractivity contribution in [1.82, 2.24) is 0 Å². The Morgan fingerprint density at radius 2 is 0.296 bits per heavy atom. The van der Waals surface area contributed by atoms with Gasteiger partial charge in [-0.1, -0.05) is 0 Å². The van der Waals surface area contributed by atoms with E-state index in [1.54, 1.807) is 74.5 Å². The molecule has 0 amide bonds. The van der Waals surface area contributed by atoms with Crippen molar-refractivity contribution in [2.75, 3.05) is 0 Å². The predicted molar refractivity (Wildman–Crippen MR) is 106 cm³/mol. The fourth-order valence-electron chi connectivity index (χ4n) is 0.516. The zero-order valence-electron chi connectivity index (χ0n) is 14.0. The second-order valence-electron chi connectivity index (χ2n) is 3.84. The summed E-state index contributed by atoms with van der Waals surface area (Å²) in [6.07, 6.45) is 32.3. The Balaban J connectivity index is -0.000000250. The molecule has 0 aromatic rings. The van der Waals surface area contributed by atoms with Gasteiger partial charge in [-0.25, -0.2) is 0 Å². The van der Waals surface area contributed by atoms with Gasteiger partial charge in [-0.15, -0.1) is 0 Å². The molecular weight excluding hydrogens is 620 g/mol. The van der Waals surface area contributed by atoms with Crippen LogP contribution < -0.4 is 0 Å². The van der Waals surface area contributed by atoms with Crippen LogP contribution >= 0.6 is 0 Å². The molecule has 6 aliphatic rings. The van der Waals surface area contributed by atoms with Crippen LogP contribution in [0, 0.1) is 0 Å². The molecule has 0 saturated carbocycles. The summed E-state index contributed by atoms with van der Waals surface area (Å²) >= 11 is 0. The van der Waals surface area contributed by atoms with Gasteiger partial charge in [0.25, 0.3) is 0 Å². The smallest absolute Gasteiger partial charge is 0.0283 e. The van der Waals surface area contributed by atoms with Crippen molar-refractivity contribution in [3.05, 3.63) is 73.7 Å². The Hall–Kier alpha value is -1.55. The summed E-state index contributed by atoms with van der Waals surface area (Å²) in [5.41, 5.74) is 0. The normalized spacial score (nSPS) is 14.2. The fourth-order valence-corrected chi connectivity index (χ4v) is 0.516. The van der Waals surface area contributed by atoms with Crippen molar-refractivity contribution in [2.45, 2.75) is 0 Å². The largest absolute Gasteiger partial charge is 0.265 e. The maximum absolute atomic E-state index is 3.61. The van der Waals surface area contributed by atoms with Gasteiger partial charge in [0.2, 0.25) is 0 Å². The molecule has 0 radical (unpaired) electrons. The van der Waals surface area contributed by atoms with Crippen LogP contribution in [0.1, 0.15) is 0 Å². The van der Waals surface area contributed by atoms with Gasteiger partial charge in [0, 0.05) is 136 Å². The van der Waals surface area contributed by atoms with E-state index in [-0.39, 0.29) is 61.3 Å². The fraction of sp³-hybridized carbons (Fsp3) is 0. The SMILES string of the molecule is C1=CN=C1.C1=CN=C1.C1=CN=C1.C1=CN=C1.C1=CN=C1.C1=CN=C1.[Pd].[Pd].[Pd]. The van der Waals surface area contributed by atoms with Crippen molar-refractivity contribution < 1.29 is 61.3 Å². The summed E-state index contributed by atoms with van der Waals surface area (Å²) in [4.78, 5) is 21.7. The van der Waals surface area contributed by atoms with Gasteiger partial charge >= 0.3 is 0 Å². The van der Waals surface area contributed by atoms with Crippen molar-refractivity contribution in [2.24, 2.45) is 30.0 Å². The molecule has 6 aliphatic heterocycles. The first-order valence-electron chi connectivity index (χ1n) is 7.10. The van der Waals surface area contributed by atoms with Gasteiger partial charge in [0.05, 0.1) is 0 Å². The van der Waals surface area contributed by atoms with Crippen LogP contribution in [-0.4, -0.2) is 37.3 Å². The van der Waals surface area contributed by atoms with Crippen molar-refractivity contribution in [1.29, 1.82) is 0 Å². The van der Waals surface area contributed by atoms with Crippen LogP contribution in [0.2, 0.25) is 0 Å². The van der Waals surface area contributed by atoms with Crippen LogP contribution in [0.15, 0.2) is 104 Å². The Morgan fingerprint density at radius 1 is 0.259 bits per heavy atom. The monoisotopic (exact) mass is 636 g/mol. The van der Waals surface area contributed by atoms with Gasteiger partial charge in [0.15, 0.2) is 0 Å². The predicted octanol–water partition coefficient (Wildman–Crippen LogP) is 3.50. The molecule has 6 nitrogen and oxygen atoms in total. The first-order valence-corrected chi connectivity index (χ1v) is 7.10. The number of hydrogen-bond donors (Lipinski definition) is 0. The van der Waals surface area contributed by atoms with Crippen LogP contribution in [-0.2, 0) is 61.3 Å². The van der Waals surface area contributed by atoms with E-state index >= 15 is 0 Å². The number of allylic oxidation sites excluding steroid dienone is 6. The molecule has 0 aromatic carbocycles. The zero-order valence-corrected chi connectivity index (χ0v) is 18.7. The molecule has 0 spiro atoms. The molecule has 0 unspecified atom stereocenters. The van der Waals surface area contributed by atoms with E-state index in [1.807, 2.05) is 36.5 Å². The first-order chi connectivity index (χ1) is 12.0. The molecule has 0 bridgehead atoms. The van der Waals surface area contributed by atoms with Crippen molar-refractivity contribution in [3.8, 4) is 0 Å². The summed E-state index contributed by atoms with van der Waals surface area (Å²) in [7, 11) is 0. The summed E-state index contributed by atoms with van der Waals surface area (Å²) in [6.45, 7) is 0. The molecule has 0 aliphatic carbocycles. The minimum atomic E-state index is 0.